The number of carbonyl (C=O) groups is 1. The van der Waals surface area contributed by atoms with Crippen LogP contribution in [0, 0.1) is 0 Å². The Labute approximate surface area is 155 Å². The molecule has 3 rings (SSSR count). The fraction of sp³-hybridized carbons (Fsp3) is 0.0526. The summed E-state index contributed by atoms with van der Waals surface area (Å²) in [7, 11) is 1.61. The van der Waals surface area contributed by atoms with Gasteiger partial charge in [-0.3, -0.25) is 9.69 Å². The largest absolute Gasteiger partial charge is 0.497 e. The van der Waals surface area contributed by atoms with Gasteiger partial charge in [0.05, 0.1) is 12.8 Å². The number of anilines is 2. The number of thiazole rings is 1. The molecule has 3 aromatic rings. The monoisotopic (exact) mass is 370 g/mol. The van der Waals surface area contributed by atoms with E-state index in [0.29, 0.717) is 15.8 Å². The van der Waals surface area contributed by atoms with Crippen LogP contribution in [0.1, 0.15) is 5.56 Å². The van der Waals surface area contributed by atoms with Crippen LogP contribution in [0.25, 0.3) is 6.08 Å². The Kier molecular flexibility index (Phi) is 5.48. The molecule has 1 aromatic heterocycles. The molecule has 2 aromatic carbocycles. The second kappa shape index (κ2) is 7.96. The highest BCUT2D eigenvalue weighted by molar-refractivity contribution is 7.13. The zero-order valence-corrected chi connectivity index (χ0v) is 15.0. The first-order chi connectivity index (χ1) is 12.2. The van der Waals surface area contributed by atoms with E-state index in [1.807, 2.05) is 29.6 Å². The van der Waals surface area contributed by atoms with Crippen LogP contribution < -0.4 is 9.64 Å². The van der Waals surface area contributed by atoms with Gasteiger partial charge in [-0.2, -0.15) is 0 Å². The molecule has 4 nitrogen and oxygen atoms in total. The van der Waals surface area contributed by atoms with Crippen LogP contribution in [0.4, 0.5) is 10.8 Å². The standard InChI is InChI=1S/C19H15ClN2O2S/c1-24-17-4-2-3-14(13-17)5-10-18(23)22(19-21-11-12-25-19)16-8-6-15(20)7-9-16/h2-13H,1H3. The van der Waals surface area contributed by atoms with E-state index in [1.165, 1.54) is 17.4 Å². The van der Waals surface area contributed by atoms with Gasteiger partial charge in [-0.15, -0.1) is 11.3 Å². The predicted octanol–water partition coefficient (Wildman–Crippen LogP) is 5.18. The maximum Gasteiger partial charge on any atom is 0.257 e. The quantitative estimate of drug-likeness (QED) is 0.581. The van der Waals surface area contributed by atoms with Gasteiger partial charge < -0.3 is 4.74 Å². The van der Waals surface area contributed by atoms with E-state index < -0.39 is 0 Å². The highest BCUT2D eigenvalue weighted by Gasteiger charge is 2.18. The lowest BCUT2D eigenvalue weighted by molar-refractivity contribution is -0.113. The number of hydrogen-bond acceptors (Lipinski definition) is 4. The SMILES string of the molecule is COc1cccc(C=CC(=O)N(c2ccc(Cl)cc2)c2nccs2)c1. The molecule has 0 spiro atoms. The summed E-state index contributed by atoms with van der Waals surface area (Å²) in [5.74, 6) is 0.546. The molecule has 6 heteroatoms. The second-order valence-electron chi connectivity index (χ2n) is 5.07. The molecule has 0 unspecified atom stereocenters. The van der Waals surface area contributed by atoms with Crippen LogP contribution in [0.15, 0.2) is 66.2 Å². The highest BCUT2D eigenvalue weighted by Crippen LogP contribution is 2.29. The van der Waals surface area contributed by atoms with Crippen LogP contribution in [0.5, 0.6) is 5.75 Å². The van der Waals surface area contributed by atoms with Crippen LogP contribution in [-0.2, 0) is 4.79 Å². The Hall–Kier alpha value is -2.63. The van der Waals surface area contributed by atoms with Crippen molar-refractivity contribution in [1.82, 2.24) is 4.98 Å². The molecule has 0 aliphatic heterocycles. The van der Waals surface area contributed by atoms with E-state index in [9.17, 15) is 4.79 Å². The van der Waals surface area contributed by atoms with Crippen molar-refractivity contribution in [2.24, 2.45) is 0 Å². The molecule has 0 saturated heterocycles. The fourth-order valence-electron chi connectivity index (χ4n) is 2.24. The molecule has 0 atom stereocenters. The number of aromatic nitrogens is 1. The number of benzene rings is 2. The first kappa shape index (κ1) is 17.2. The van der Waals surface area contributed by atoms with Gasteiger partial charge in [0.1, 0.15) is 5.75 Å². The molecule has 0 fully saturated rings. The van der Waals surface area contributed by atoms with Crippen LogP contribution in [0.2, 0.25) is 5.02 Å². The van der Waals surface area contributed by atoms with Crippen molar-refractivity contribution < 1.29 is 9.53 Å². The molecule has 0 radical (unpaired) electrons. The van der Waals surface area contributed by atoms with E-state index in [2.05, 4.69) is 4.98 Å². The molecule has 0 aliphatic carbocycles. The van der Waals surface area contributed by atoms with Gasteiger partial charge in [-0.1, -0.05) is 23.7 Å². The molecule has 0 saturated carbocycles. The third-order valence-corrected chi connectivity index (χ3v) is 4.44. The Morgan fingerprint density at radius 1 is 1.24 bits per heavy atom. The summed E-state index contributed by atoms with van der Waals surface area (Å²) >= 11 is 7.34. The average molecular weight is 371 g/mol. The fourth-order valence-corrected chi connectivity index (χ4v) is 3.03. The first-order valence-corrected chi connectivity index (χ1v) is 8.74. The summed E-state index contributed by atoms with van der Waals surface area (Å²) < 4.78 is 5.20. The maximum atomic E-state index is 12.8. The lowest BCUT2D eigenvalue weighted by Gasteiger charge is -2.18. The van der Waals surface area contributed by atoms with Crippen LogP contribution in [0.3, 0.4) is 0 Å². The zero-order chi connectivity index (χ0) is 17.6. The van der Waals surface area contributed by atoms with Gasteiger partial charge in [0.2, 0.25) is 0 Å². The van der Waals surface area contributed by atoms with Crippen molar-refractivity contribution in [2.45, 2.75) is 0 Å². The Balaban J connectivity index is 1.89. The molecule has 0 aliphatic rings. The smallest absolute Gasteiger partial charge is 0.257 e. The maximum absolute atomic E-state index is 12.8. The Bertz CT molecular complexity index is 877. The van der Waals surface area contributed by atoms with Gasteiger partial charge in [0, 0.05) is 22.7 Å². The lowest BCUT2D eigenvalue weighted by atomic mass is 10.2. The third-order valence-electron chi connectivity index (χ3n) is 3.43. The highest BCUT2D eigenvalue weighted by atomic mass is 35.5. The van der Waals surface area contributed by atoms with Crippen molar-refractivity contribution in [3.05, 3.63) is 76.8 Å². The minimum absolute atomic E-state index is 0.194. The third kappa shape index (κ3) is 4.26. The lowest BCUT2D eigenvalue weighted by Crippen LogP contribution is -2.23. The van der Waals surface area contributed by atoms with Crippen molar-refractivity contribution in [3.8, 4) is 5.75 Å². The normalized spacial score (nSPS) is 10.8. The molecule has 0 N–H and O–H groups in total. The number of amides is 1. The number of carbonyl (C=O) groups excluding carboxylic acids is 1. The molecular formula is C19H15ClN2O2S. The number of halogens is 1. The minimum atomic E-state index is -0.194. The summed E-state index contributed by atoms with van der Waals surface area (Å²) in [5.41, 5.74) is 1.59. The van der Waals surface area contributed by atoms with E-state index in [4.69, 9.17) is 16.3 Å². The molecule has 25 heavy (non-hydrogen) atoms. The van der Waals surface area contributed by atoms with Crippen molar-refractivity contribution in [3.63, 3.8) is 0 Å². The topological polar surface area (TPSA) is 42.4 Å². The number of nitrogens with zero attached hydrogens (tertiary/aromatic N) is 2. The van der Waals surface area contributed by atoms with Gasteiger partial charge in [0.25, 0.3) is 5.91 Å². The Morgan fingerprint density at radius 2 is 2.04 bits per heavy atom. The molecule has 1 amide bonds. The summed E-state index contributed by atoms with van der Waals surface area (Å²) in [4.78, 5) is 18.6. The van der Waals surface area contributed by atoms with E-state index in [-0.39, 0.29) is 5.91 Å². The van der Waals surface area contributed by atoms with Crippen molar-refractivity contribution in [1.29, 1.82) is 0 Å². The van der Waals surface area contributed by atoms with Gasteiger partial charge in [0.15, 0.2) is 5.13 Å². The average Bonchev–Trinajstić information content (AvgIpc) is 3.16. The van der Waals surface area contributed by atoms with E-state index in [0.717, 1.165) is 11.3 Å². The van der Waals surface area contributed by atoms with Crippen molar-refractivity contribution in [2.75, 3.05) is 12.0 Å². The predicted molar refractivity (Wildman–Crippen MR) is 103 cm³/mol. The number of hydrogen-bond donors (Lipinski definition) is 0. The van der Waals surface area contributed by atoms with Gasteiger partial charge in [-0.25, -0.2) is 4.98 Å². The van der Waals surface area contributed by atoms with E-state index in [1.54, 1.807) is 48.5 Å². The number of rotatable bonds is 5. The zero-order valence-electron chi connectivity index (χ0n) is 13.4. The van der Waals surface area contributed by atoms with Crippen molar-refractivity contribution >= 4 is 45.7 Å². The number of ether oxygens (including phenoxy) is 1. The molecule has 126 valence electrons. The summed E-state index contributed by atoms with van der Waals surface area (Å²) in [6.07, 6.45) is 4.94. The first-order valence-electron chi connectivity index (χ1n) is 7.48. The number of methoxy groups -OCH3 is 1. The van der Waals surface area contributed by atoms with Crippen LogP contribution >= 0.6 is 22.9 Å². The van der Waals surface area contributed by atoms with Gasteiger partial charge in [-0.05, 0) is 48.0 Å². The van der Waals surface area contributed by atoms with Gasteiger partial charge >= 0.3 is 0 Å². The van der Waals surface area contributed by atoms with Crippen LogP contribution in [-0.4, -0.2) is 18.0 Å². The molecule has 1 heterocycles. The summed E-state index contributed by atoms with van der Waals surface area (Å²) in [6, 6.07) is 14.6. The summed E-state index contributed by atoms with van der Waals surface area (Å²) in [5, 5.41) is 3.04. The molecular weight excluding hydrogens is 356 g/mol. The minimum Gasteiger partial charge on any atom is -0.497 e. The molecule has 0 bridgehead atoms. The summed E-state index contributed by atoms with van der Waals surface area (Å²) in [6.45, 7) is 0. The van der Waals surface area contributed by atoms with E-state index >= 15 is 0 Å². The second-order valence-corrected chi connectivity index (χ2v) is 6.38. The Morgan fingerprint density at radius 3 is 2.72 bits per heavy atom.